The van der Waals surface area contributed by atoms with Crippen molar-refractivity contribution in [2.45, 2.75) is 24.1 Å². The Labute approximate surface area is 110 Å². The summed E-state index contributed by atoms with van der Waals surface area (Å²) in [6.45, 7) is 1.91. The van der Waals surface area contributed by atoms with Gasteiger partial charge >= 0.3 is 10.1 Å². The maximum absolute atomic E-state index is 11.1. The normalized spacial score (nSPS) is 11.7. The maximum Gasteiger partial charge on any atom is 0.322 e. The van der Waals surface area contributed by atoms with Crippen molar-refractivity contribution in [3.63, 3.8) is 0 Å². The van der Waals surface area contributed by atoms with Crippen LogP contribution in [0.2, 0.25) is 0 Å². The molecule has 0 bridgehead atoms. The molecule has 0 amide bonds. The van der Waals surface area contributed by atoms with Gasteiger partial charge in [-0.3, -0.25) is 4.55 Å². The molecule has 0 atom stereocenters. The first-order valence-corrected chi connectivity index (χ1v) is 7.76. The molecule has 1 heterocycles. The highest BCUT2D eigenvalue weighted by atomic mass is 32.3. The van der Waals surface area contributed by atoms with E-state index in [4.69, 9.17) is 4.55 Å². The fourth-order valence-corrected chi connectivity index (χ4v) is 3.53. The van der Waals surface area contributed by atoms with E-state index in [2.05, 4.69) is 4.98 Å². The first-order valence-electron chi connectivity index (χ1n) is 5.50. The van der Waals surface area contributed by atoms with Crippen molar-refractivity contribution < 1.29 is 13.0 Å². The van der Waals surface area contributed by atoms with Gasteiger partial charge in [-0.1, -0.05) is 37.3 Å². The van der Waals surface area contributed by atoms with E-state index in [0.717, 1.165) is 27.5 Å². The topological polar surface area (TPSA) is 67.3 Å². The third kappa shape index (κ3) is 2.95. The van der Waals surface area contributed by atoms with Gasteiger partial charge in [-0.15, -0.1) is 11.3 Å². The van der Waals surface area contributed by atoms with Gasteiger partial charge in [0.2, 0.25) is 4.34 Å². The molecule has 2 rings (SSSR count). The first-order chi connectivity index (χ1) is 8.50. The zero-order valence-electron chi connectivity index (χ0n) is 9.83. The molecular weight excluding hydrogens is 270 g/mol. The van der Waals surface area contributed by atoms with Crippen LogP contribution in [0.4, 0.5) is 0 Å². The van der Waals surface area contributed by atoms with Gasteiger partial charge in [0.15, 0.2) is 0 Å². The van der Waals surface area contributed by atoms with E-state index in [1.54, 1.807) is 0 Å². The predicted octanol–water partition coefficient (Wildman–Crippen LogP) is 2.54. The van der Waals surface area contributed by atoms with Crippen LogP contribution < -0.4 is 0 Å². The van der Waals surface area contributed by atoms with E-state index in [-0.39, 0.29) is 4.34 Å². The number of aromatic nitrogens is 1. The van der Waals surface area contributed by atoms with Crippen LogP contribution in [0.3, 0.4) is 0 Å². The largest absolute Gasteiger partial charge is 0.322 e. The van der Waals surface area contributed by atoms with Crippen molar-refractivity contribution in [1.82, 2.24) is 4.98 Å². The average molecular weight is 283 g/mol. The average Bonchev–Trinajstić information content (AvgIpc) is 2.73. The van der Waals surface area contributed by atoms with Crippen LogP contribution in [0.15, 0.2) is 34.7 Å². The van der Waals surface area contributed by atoms with Crippen molar-refractivity contribution in [2.24, 2.45) is 0 Å². The third-order valence-corrected chi connectivity index (χ3v) is 4.83. The molecule has 0 saturated heterocycles. The number of hydrogen-bond donors (Lipinski definition) is 1. The molecule has 18 heavy (non-hydrogen) atoms. The Balaban J connectivity index is 2.36. The lowest BCUT2D eigenvalue weighted by atomic mass is 10.1. The molecule has 96 valence electrons. The van der Waals surface area contributed by atoms with E-state index in [0.29, 0.717) is 12.8 Å². The Morgan fingerprint density at radius 1 is 1.28 bits per heavy atom. The summed E-state index contributed by atoms with van der Waals surface area (Å²) in [6.07, 6.45) is 1.28. The number of aryl methyl sites for hydroxylation is 1. The summed E-state index contributed by atoms with van der Waals surface area (Å²) in [5.74, 6) is 0. The summed E-state index contributed by atoms with van der Waals surface area (Å²) in [5, 5.41) is 0. The Morgan fingerprint density at radius 2 is 1.94 bits per heavy atom. The monoisotopic (exact) mass is 283 g/mol. The lowest BCUT2D eigenvalue weighted by Gasteiger charge is -1.99. The zero-order chi connectivity index (χ0) is 13.2. The molecule has 0 spiro atoms. The highest BCUT2D eigenvalue weighted by Gasteiger charge is 2.19. The molecule has 0 aliphatic rings. The summed E-state index contributed by atoms with van der Waals surface area (Å²) >= 11 is 1.04. The van der Waals surface area contributed by atoms with Gasteiger partial charge in [-0.2, -0.15) is 8.42 Å². The van der Waals surface area contributed by atoms with Crippen LogP contribution in [-0.2, 0) is 23.0 Å². The third-order valence-electron chi connectivity index (χ3n) is 2.52. The van der Waals surface area contributed by atoms with Gasteiger partial charge in [-0.25, -0.2) is 4.98 Å². The van der Waals surface area contributed by atoms with Crippen LogP contribution in [0.25, 0.3) is 0 Å². The molecule has 1 aromatic carbocycles. The Morgan fingerprint density at radius 3 is 2.50 bits per heavy atom. The summed E-state index contributed by atoms with van der Waals surface area (Å²) in [5.41, 5.74) is 1.83. The number of thiazole rings is 1. The fraction of sp³-hybridized carbons (Fsp3) is 0.250. The Hall–Kier alpha value is -1.24. The fourth-order valence-electron chi connectivity index (χ4n) is 1.67. The van der Waals surface area contributed by atoms with Crippen molar-refractivity contribution >= 4 is 21.5 Å². The number of hydrogen-bond acceptors (Lipinski definition) is 4. The predicted molar refractivity (Wildman–Crippen MR) is 70.6 cm³/mol. The summed E-state index contributed by atoms with van der Waals surface area (Å²) < 4.78 is 30.9. The lowest BCUT2D eigenvalue weighted by molar-refractivity contribution is 0.482. The molecule has 0 aliphatic carbocycles. The number of nitrogens with zero attached hydrogens (tertiary/aromatic N) is 1. The van der Waals surface area contributed by atoms with Gasteiger partial charge in [0, 0.05) is 11.3 Å². The second kappa shape index (κ2) is 5.17. The molecular formula is C12H13NO3S2. The highest BCUT2D eigenvalue weighted by molar-refractivity contribution is 7.88. The summed E-state index contributed by atoms with van der Waals surface area (Å²) in [7, 11) is -4.20. The number of rotatable bonds is 4. The minimum atomic E-state index is -4.20. The molecule has 0 fully saturated rings. The van der Waals surface area contributed by atoms with Crippen molar-refractivity contribution in [3.05, 3.63) is 46.5 Å². The molecule has 6 heteroatoms. The van der Waals surface area contributed by atoms with Gasteiger partial charge in [-0.05, 0) is 12.0 Å². The minimum absolute atomic E-state index is 0.217. The summed E-state index contributed by atoms with van der Waals surface area (Å²) in [4.78, 5) is 4.86. The van der Waals surface area contributed by atoms with Gasteiger partial charge in [0.25, 0.3) is 0 Å². The van der Waals surface area contributed by atoms with E-state index >= 15 is 0 Å². The van der Waals surface area contributed by atoms with E-state index < -0.39 is 10.1 Å². The van der Waals surface area contributed by atoms with Crippen LogP contribution in [0, 0.1) is 0 Å². The Bertz CT molecular complexity index is 633. The lowest BCUT2D eigenvalue weighted by Crippen LogP contribution is -1.97. The van der Waals surface area contributed by atoms with E-state index in [1.807, 2.05) is 37.3 Å². The highest BCUT2D eigenvalue weighted by Crippen LogP contribution is 2.25. The molecule has 4 nitrogen and oxygen atoms in total. The quantitative estimate of drug-likeness (QED) is 0.876. The van der Waals surface area contributed by atoms with Crippen LogP contribution >= 0.6 is 11.3 Å². The van der Waals surface area contributed by atoms with Gasteiger partial charge in [0.1, 0.15) is 0 Å². The van der Waals surface area contributed by atoms with E-state index in [1.165, 1.54) is 0 Å². The SMILES string of the molecule is CCc1nc(S(=O)(=O)O)sc1Cc1ccccc1. The number of benzene rings is 1. The molecule has 0 saturated carbocycles. The molecule has 1 N–H and O–H groups in total. The minimum Gasteiger partial charge on any atom is -0.280 e. The first kappa shape index (κ1) is 13.2. The Kier molecular flexibility index (Phi) is 3.79. The standard InChI is InChI=1S/C12H13NO3S2/c1-2-10-11(8-9-6-4-3-5-7-9)17-12(13-10)18(14,15)16/h3-7H,2,8H2,1H3,(H,14,15,16). The smallest absolute Gasteiger partial charge is 0.280 e. The zero-order valence-corrected chi connectivity index (χ0v) is 11.5. The van der Waals surface area contributed by atoms with Gasteiger partial charge < -0.3 is 0 Å². The van der Waals surface area contributed by atoms with Crippen molar-refractivity contribution in [3.8, 4) is 0 Å². The van der Waals surface area contributed by atoms with Crippen LogP contribution in [-0.4, -0.2) is 18.0 Å². The van der Waals surface area contributed by atoms with Gasteiger partial charge in [0.05, 0.1) is 5.69 Å². The molecule has 0 aliphatic heterocycles. The van der Waals surface area contributed by atoms with E-state index in [9.17, 15) is 8.42 Å². The molecule has 2 aromatic rings. The van der Waals surface area contributed by atoms with Crippen LogP contribution in [0.5, 0.6) is 0 Å². The molecule has 1 aromatic heterocycles. The second-order valence-corrected chi connectivity index (χ2v) is 6.52. The molecule has 0 unspecified atom stereocenters. The van der Waals surface area contributed by atoms with Crippen LogP contribution in [0.1, 0.15) is 23.1 Å². The molecule has 0 radical (unpaired) electrons. The summed E-state index contributed by atoms with van der Waals surface area (Å²) in [6, 6.07) is 9.76. The maximum atomic E-state index is 11.1. The van der Waals surface area contributed by atoms with Crippen molar-refractivity contribution in [1.29, 1.82) is 0 Å². The van der Waals surface area contributed by atoms with Crippen molar-refractivity contribution in [2.75, 3.05) is 0 Å². The second-order valence-electron chi connectivity index (χ2n) is 3.84.